The number of H-pyrrole nitrogens is 1. The molecule has 4 aromatic rings. The number of aromatic amines is 1. The molecular formula is C28H31N5O3. The fraction of sp³-hybridized carbons (Fsp3) is 0.250. The van der Waals surface area contributed by atoms with E-state index in [-0.39, 0.29) is 16.5 Å². The van der Waals surface area contributed by atoms with Crippen molar-refractivity contribution in [3.8, 4) is 5.88 Å². The van der Waals surface area contributed by atoms with Gasteiger partial charge in [0, 0.05) is 47.9 Å². The monoisotopic (exact) mass is 485 g/mol. The summed E-state index contributed by atoms with van der Waals surface area (Å²) in [5.41, 5.74) is 11.9. The number of non-ortho nitro benzene ring substituents is 1. The zero-order chi connectivity index (χ0) is 25.8. The number of aromatic hydroxyl groups is 1. The van der Waals surface area contributed by atoms with Gasteiger partial charge in [-0.3, -0.25) is 20.0 Å². The summed E-state index contributed by atoms with van der Waals surface area (Å²) >= 11 is 0. The quantitative estimate of drug-likeness (QED) is 0.117. The topological polar surface area (TPSA) is 121 Å². The predicted octanol–water partition coefficient (Wildman–Crippen LogP) is 5.96. The molecule has 0 unspecified atom stereocenters. The number of hydrogen-bond donors (Lipinski definition) is 3. The first-order valence-corrected chi connectivity index (χ1v) is 11.9. The van der Waals surface area contributed by atoms with Crippen LogP contribution in [0.4, 0.5) is 17.1 Å². The number of nitrogen functional groups attached to an aromatic ring is 1. The molecule has 8 heteroatoms. The summed E-state index contributed by atoms with van der Waals surface area (Å²) in [5, 5.41) is 22.1. The summed E-state index contributed by atoms with van der Waals surface area (Å²) in [6.07, 6.45) is 0.816. The SMILES string of the molecule is CC(=Nc1ccc(CN(CCc2ccc([N+](=O)[O-])cc2)C(C)C)cc1)c1c(O)[nH]c2ccc(N)cc12. The Balaban J connectivity index is 1.44. The van der Waals surface area contributed by atoms with Crippen LogP contribution in [0.15, 0.2) is 71.7 Å². The average Bonchev–Trinajstić information content (AvgIpc) is 3.17. The van der Waals surface area contributed by atoms with Crippen LogP contribution in [0, 0.1) is 10.1 Å². The molecule has 3 aromatic carbocycles. The van der Waals surface area contributed by atoms with Crippen molar-refractivity contribution in [1.82, 2.24) is 9.88 Å². The van der Waals surface area contributed by atoms with E-state index in [1.807, 2.05) is 43.3 Å². The maximum Gasteiger partial charge on any atom is 0.269 e. The van der Waals surface area contributed by atoms with E-state index in [9.17, 15) is 15.2 Å². The van der Waals surface area contributed by atoms with Gasteiger partial charge in [0.15, 0.2) is 5.88 Å². The largest absolute Gasteiger partial charge is 0.494 e. The Labute approximate surface area is 210 Å². The van der Waals surface area contributed by atoms with Crippen molar-refractivity contribution in [3.63, 3.8) is 0 Å². The van der Waals surface area contributed by atoms with Gasteiger partial charge in [0.25, 0.3) is 5.69 Å². The number of nitro groups is 1. The van der Waals surface area contributed by atoms with E-state index >= 15 is 0 Å². The minimum atomic E-state index is -0.376. The molecule has 0 saturated carbocycles. The standard InChI is InChI=1S/C28H31N5O3/c1-18(2)32(15-14-20-6-11-24(12-7-20)33(35)36)17-21-4-9-23(10-5-21)30-19(3)27-25-16-22(29)8-13-26(25)31-28(27)34/h4-13,16,18,31,34H,14-15,17,29H2,1-3H3. The van der Waals surface area contributed by atoms with Gasteiger partial charge in [0.2, 0.25) is 0 Å². The number of aromatic nitrogens is 1. The van der Waals surface area contributed by atoms with Gasteiger partial charge in [-0.1, -0.05) is 24.3 Å². The third-order valence-electron chi connectivity index (χ3n) is 6.35. The second kappa shape index (κ2) is 10.6. The van der Waals surface area contributed by atoms with Crippen LogP contribution in [-0.4, -0.2) is 38.2 Å². The van der Waals surface area contributed by atoms with Crippen molar-refractivity contribution in [2.75, 3.05) is 12.3 Å². The average molecular weight is 486 g/mol. The first kappa shape index (κ1) is 24.9. The molecule has 0 radical (unpaired) electrons. The lowest BCUT2D eigenvalue weighted by Crippen LogP contribution is -2.32. The van der Waals surface area contributed by atoms with Crippen LogP contribution >= 0.6 is 0 Å². The lowest BCUT2D eigenvalue weighted by atomic mass is 10.1. The number of benzene rings is 3. The number of fused-ring (bicyclic) bond motifs is 1. The molecule has 1 heterocycles. The second-order valence-corrected chi connectivity index (χ2v) is 9.26. The van der Waals surface area contributed by atoms with E-state index in [1.165, 1.54) is 5.56 Å². The molecule has 4 N–H and O–H groups in total. The highest BCUT2D eigenvalue weighted by atomic mass is 16.6. The molecule has 0 saturated heterocycles. The Kier molecular flexibility index (Phi) is 7.36. The fourth-order valence-corrected chi connectivity index (χ4v) is 4.30. The molecule has 0 atom stereocenters. The smallest absolute Gasteiger partial charge is 0.269 e. The molecule has 0 aliphatic carbocycles. The Morgan fingerprint density at radius 1 is 1.08 bits per heavy atom. The number of nitrogens with one attached hydrogen (secondary N) is 1. The van der Waals surface area contributed by atoms with Crippen LogP contribution in [0.25, 0.3) is 10.9 Å². The lowest BCUT2D eigenvalue weighted by molar-refractivity contribution is -0.384. The van der Waals surface area contributed by atoms with Crippen molar-refractivity contribution in [1.29, 1.82) is 0 Å². The molecule has 4 rings (SSSR count). The minimum absolute atomic E-state index is 0.0778. The normalized spacial score (nSPS) is 12.1. The number of rotatable bonds is 9. The number of anilines is 1. The van der Waals surface area contributed by atoms with Gasteiger partial charge in [0.05, 0.1) is 21.9 Å². The number of nitrogens with two attached hydrogens (primary N) is 1. The molecule has 0 bridgehead atoms. The van der Waals surface area contributed by atoms with Gasteiger partial charge < -0.3 is 15.8 Å². The summed E-state index contributed by atoms with van der Waals surface area (Å²) in [6, 6.07) is 20.7. The highest BCUT2D eigenvalue weighted by molar-refractivity contribution is 6.13. The molecule has 0 amide bonds. The first-order chi connectivity index (χ1) is 17.2. The molecule has 1 aromatic heterocycles. The number of hydrogen-bond acceptors (Lipinski definition) is 6. The molecule has 36 heavy (non-hydrogen) atoms. The van der Waals surface area contributed by atoms with Crippen LogP contribution < -0.4 is 5.73 Å². The molecule has 0 spiro atoms. The van der Waals surface area contributed by atoms with Crippen LogP contribution in [0.5, 0.6) is 5.88 Å². The van der Waals surface area contributed by atoms with E-state index in [0.717, 1.165) is 41.7 Å². The molecule has 0 fully saturated rings. The van der Waals surface area contributed by atoms with E-state index < -0.39 is 0 Å². The van der Waals surface area contributed by atoms with Gasteiger partial charge in [-0.15, -0.1) is 0 Å². The summed E-state index contributed by atoms with van der Waals surface area (Å²) in [6.45, 7) is 7.84. The zero-order valence-electron chi connectivity index (χ0n) is 20.7. The van der Waals surface area contributed by atoms with Crippen molar-refractivity contribution in [3.05, 3.63) is 93.5 Å². The van der Waals surface area contributed by atoms with Crippen LogP contribution in [0.3, 0.4) is 0 Å². The highest BCUT2D eigenvalue weighted by Crippen LogP contribution is 2.30. The van der Waals surface area contributed by atoms with Crippen molar-refractivity contribution < 1.29 is 10.0 Å². The van der Waals surface area contributed by atoms with Crippen LogP contribution in [-0.2, 0) is 13.0 Å². The maximum atomic E-state index is 10.9. The number of nitrogens with zero attached hydrogens (tertiary/aromatic N) is 3. The molecule has 0 aliphatic heterocycles. The van der Waals surface area contributed by atoms with E-state index in [2.05, 4.69) is 35.9 Å². The van der Waals surface area contributed by atoms with Gasteiger partial charge in [-0.2, -0.15) is 0 Å². The molecule has 186 valence electrons. The van der Waals surface area contributed by atoms with Gasteiger partial charge in [-0.05, 0) is 68.7 Å². The Morgan fingerprint density at radius 3 is 2.39 bits per heavy atom. The third kappa shape index (κ3) is 5.72. The van der Waals surface area contributed by atoms with Crippen LogP contribution in [0.1, 0.15) is 37.5 Å². The Hall–Kier alpha value is -4.17. The molecule has 8 nitrogen and oxygen atoms in total. The maximum absolute atomic E-state index is 10.9. The first-order valence-electron chi connectivity index (χ1n) is 11.9. The van der Waals surface area contributed by atoms with Crippen molar-refractivity contribution in [2.45, 2.75) is 39.8 Å². The Morgan fingerprint density at radius 2 is 1.75 bits per heavy atom. The van der Waals surface area contributed by atoms with Gasteiger partial charge in [-0.25, -0.2) is 0 Å². The predicted molar refractivity (Wildman–Crippen MR) is 145 cm³/mol. The van der Waals surface area contributed by atoms with Crippen molar-refractivity contribution in [2.24, 2.45) is 4.99 Å². The zero-order valence-corrected chi connectivity index (χ0v) is 20.7. The number of aliphatic imine (C=N–C) groups is 1. The number of nitro benzene ring substituents is 1. The van der Waals surface area contributed by atoms with E-state index in [0.29, 0.717) is 23.0 Å². The summed E-state index contributed by atoms with van der Waals surface area (Å²) in [4.78, 5) is 20.6. The fourth-order valence-electron chi connectivity index (χ4n) is 4.30. The van der Waals surface area contributed by atoms with Crippen molar-refractivity contribution >= 4 is 33.7 Å². The molecular weight excluding hydrogens is 454 g/mol. The second-order valence-electron chi connectivity index (χ2n) is 9.26. The van der Waals surface area contributed by atoms with Gasteiger partial charge in [0.1, 0.15) is 0 Å². The molecule has 0 aliphatic rings. The summed E-state index contributed by atoms with van der Waals surface area (Å²) < 4.78 is 0. The van der Waals surface area contributed by atoms with Gasteiger partial charge >= 0.3 is 0 Å². The minimum Gasteiger partial charge on any atom is -0.494 e. The highest BCUT2D eigenvalue weighted by Gasteiger charge is 2.15. The van der Waals surface area contributed by atoms with Crippen LogP contribution in [0.2, 0.25) is 0 Å². The summed E-state index contributed by atoms with van der Waals surface area (Å²) in [7, 11) is 0. The lowest BCUT2D eigenvalue weighted by Gasteiger charge is -2.26. The van der Waals surface area contributed by atoms with E-state index in [1.54, 1.807) is 18.2 Å². The van der Waals surface area contributed by atoms with E-state index in [4.69, 9.17) is 10.7 Å². The summed E-state index contributed by atoms with van der Waals surface area (Å²) in [5.74, 6) is 0.0778. The third-order valence-corrected chi connectivity index (χ3v) is 6.35. The Bertz CT molecular complexity index is 1390.